The summed E-state index contributed by atoms with van der Waals surface area (Å²) in [6.45, 7) is 3.83. The van der Waals surface area contributed by atoms with Gasteiger partial charge in [0.2, 0.25) is 12.7 Å². The Labute approximate surface area is 260 Å². The maximum absolute atomic E-state index is 13.4. The average molecular weight is 597 g/mol. The van der Waals surface area contributed by atoms with Crippen molar-refractivity contribution in [2.75, 3.05) is 30.6 Å². The Morgan fingerprint density at radius 2 is 1.68 bits per heavy atom. The van der Waals surface area contributed by atoms with Crippen LogP contribution >= 0.6 is 0 Å². The van der Waals surface area contributed by atoms with Crippen LogP contribution in [0.5, 0.6) is 11.5 Å². The molecule has 8 nitrogen and oxygen atoms in total. The van der Waals surface area contributed by atoms with Crippen molar-refractivity contribution in [3.05, 3.63) is 71.8 Å². The van der Waals surface area contributed by atoms with Crippen LogP contribution in [0.3, 0.4) is 0 Å². The summed E-state index contributed by atoms with van der Waals surface area (Å²) in [6, 6.07) is 20.4. The van der Waals surface area contributed by atoms with Gasteiger partial charge >= 0.3 is 0 Å². The highest BCUT2D eigenvalue weighted by Gasteiger charge is 2.37. The lowest BCUT2D eigenvalue weighted by atomic mass is 9.90. The second kappa shape index (κ2) is 13.3. The first kappa shape index (κ1) is 30.0. The maximum atomic E-state index is 13.4. The van der Waals surface area contributed by atoms with E-state index in [0.29, 0.717) is 29.5 Å². The van der Waals surface area contributed by atoms with Crippen molar-refractivity contribution in [3.63, 3.8) is 0 Å². The maximum Gasteiger partial charge on any atom is 0.255 e. The lowest BCUT2D eigenvalue weighted by molar-refractivity contribution is -0.136. The average Bonchev–Trinajstić information content (AvgIpc) is 3.79. The largest absolute Gasteiger partial charge is 0.454 e. The molecule has 0 bridgehead atoms. The van der Waals surface area contributed by atoms with Crippen molar-refractivity contribution in [1.29, 1.82) is 0 Å². The molecule has 0 unspecified atom stereocenters. The zero-order valence-corrected chi connectivity index (χ0v) is 25.9. The molecule has 1 aliphatic heterocycles. The first-order valence-electron chi connectivity index (χ1n) is 16.1. The van der Waals surface area contributed by atoms with Gasteiger partial charge in [0, 0.05) is 43.7 Å². The molecule has 0 atom stereocenters. The minimum Gasteiger partial charge on any atom is -0.454 e. The van der Waals surface area contributed by atoms with Crippen LogP contribution in [-0.4, -0.2) is 49.2 Å². The number of carbonyl (C=O) groups excluding carboxylic acids is 2. The van der Waals surface area contributed by atoms with Crippen LogP contribution in [0.15, 0.2) is 60.7 Å². The summed E-state index contributed by atoms with van der Waals surface area (Å²) in [5.41, 5.74) is 11.6. The lowest BCUT2D eigenvalue weighted by Gasteiger charge is -2.36. The number of anilines is 2. The molecule has 44 heavy (non-hydrogen) atoms. The SMILES string of the molecule is CCCCN(C)c1ccc(-c2cccc(CN(C(=O)C3CC3)C3CCC(N)CC3)c2)cc1NC(=O)c1ccc2c(c1)OCO2. The molecule has 2 amide bonds. The van der Waals surface area contributed by atoms with E-state index in [1.165, 1.54) is 0 Å². The molecule has 8 heteroatoms. The van der Waals surface area contributed by atoms with E-state index >= 15 is 0 Å². The normalized spacial score (nSPS) is 19.0. The van der Waals surface area contributed by atoms with Crippen LogP contribution in [0.2, 0.25) is 0 Å². The zero-order valence-electron chi connectivity index (χ0n) is 25.9. The Bertz CT molecular complexity index is 1500. The monoisotopic (exact) mass is 596 g/mol. The van der Waals surface area contributed by atoms with Gasteiger partial charge in [0.1, 0.15) is 0 Å². The van der Waals surface area contributed by atoms with E-state index in [2.05, 4.69) is 71.6 Å². The Hall–Kier alpha value is -4.04. The summed E-state index contributed by atoms with van der Waals surface area (Å²) in [5, 5.41) is 3.17. The lowest BCUT2D eigenvalue weighted by Crippen LogP contribution is -2.44. The van der Waals surface area contributed by atoms with E-state index in [1.807, 2.05) is 0 Å². The molecule has 0 saturated heterocycles. The fourth-order valence-electron chi connectivity index (χ4n) is 6.31. The van der Waals surface area contributed by atoms with Crippen molar-refractivity contribution in [3.8, 4) is 22.6 Å². The van der Waals surface area contributed by atoms with Gasteiger partial charge < -0.3 is 30.3 Å². The molecular formula is C36H44N4O4. The number of benzene rings is 3. The quantitative estimate of drug-likeness (QED) is 0.260. The van der Waals surface area contributed by atoms with Gasteiger partial charge in [-0.15, -0.1) is 0 Å². The number of carbonyl (C=O) groups is 2. The van der Waals surface area contributed by atoms with Crippen LogP contribution in [0.4, 0.5) is 11.4 Å². The summed E-state index contributed by atoms with van der Waals surface area (Å²) in [6.07, 6.45) is 8.03. The molecule has 3 N–H and O–H groups in total. The highest BCUT2D eigenvalue weighted by atomic mass is 16.7. The predicted molar refractivity (Wildman–Crippen MR) is 174 cm³/mol. The van der Waals surface area contributed by atoms with Crippen LogP contribution in [-0.2, 0) is 11.3 Å². The minimum atomic E-state index is -0.208. The van der Waals surface area contributed by atoms with Crippen LogP contribution in [0, 0.1) is 5.92 Å². The Morgan fingerprint density at radius 3 is 2.45 bits per heavy atom. The number of hydrogen-bond donors (Lipinski definition) is 2. The van der Waals surface area contributed by atoms with Crippen LogP contribution < -0.4 is 25.4 Å². The third-order valence-electron chi connectivity index (χ3n) is 9.14. The summed E-state index contributed by atoms with van der Waals surface area (Å²) in [5.74, 6) is 1.49. The second-order valence-electron chi connectivity index (χ2n) is 12.5. The molecule has 3 aliphatic rings. The second-order valence-corrected chi connectivity index (χ2v) is 12.5. The summed E-state index contributed by atoms with van der Waals surface area (Å²) >= 11 is 0. The number of fused-ring (bicyclic) bond motifs is 1. The summed E-state index contributed by atoms with van der Waals surface area (Å²) < 4.78 is 10.9. The molecule has 2 aliphatic carbocycles. The van der Waals surface area contributed by atoms with Crippen molar-refractivity contribution < 1.29 is 19.1 Å². The Morgan fingerprint density at radius 1 is 0.909 bits per heavy atom. The van der Waals surface area contributed by atoms with Gasteiger partial charge in [-0.1, -0.05) is 37.6 Å². The predicted octanol–water partition coefficient (Wildman–Crippen LogP) is 6.58. The van der Waals surface area contributed by atoms with E-state index in [9.17, 15) is 9.59 Å². The van der Waals surface area contributed by atoms with Crippen LogP contribution in [0.25, 0.3) is 11.1 Å². The number of nitrogens with zero attached hydrogens (tertiary/aromatic N) is 2. The molecule has 6 rings (SSSR count). The number of rotatable bonds is 11. The third kappa shape index (κ3) is 6.86. The number of nitrogens with two attached hydrogens (primary N) is 1. The topological polar surface area (TPSA) is 97.1 Å². The first-order valence-corrected chi connectivity index (χ1v) is 16.1. The van der Waals surface area contributed by atoms with E-state index in [0.717, 1.165) is 86.0 Å². The Kier molecular flexibility index (Phi) is 9.07. The molecule has 0 radical (unpaired) electrons. The fraction of sp³-hybridized carbons (Fsp3) is 0.444. The summed E-state index contributed by atoms with van der Waals surface area (Å²) in [4.78, 5) is 31.2. The van der Waals surface area contributed by atoms with Gasteiger partial charge in [0.05, 0.1) is 11.4 Å². The molecule has 0 aromatic heterocycles. The Balaban J connectivity index is 1.26. The van der Waals surface area contributed by atoms with Crippen molar-refractivity contribution in [1.82, 2.24) is 4.90 Å². The molecular weight excluding hydrogens is 552 g/mol. The molecule has 0 spiro atoms. The van der Waals surface area contributed by atoms with E-state index < -0.39 is 0 Å². The highest BCUT2D eigenvalue weighted by molar-refractivity contribution is 6.06. The number of ether oxygens (including phenoxy) is 2. The van der Waals surface area contributed by atoms with Gasteiger partial charge in [-0.2, -0.15) is 0 Å². The number of unbranched alkanes of at least 4 members (excludes halogenated alkanes) is 1. The molecule has 232 valence electrons. The minimum absolute atomic E-state index is 0.162. The first-order chi connectivity index (χ1) is 21.4. The van der Waals surface area contributed by atoms with Gasteiger partial charge in [0.15, 0.2) is 11.5 Å². The van der Waals surface area contributed by atoms with E-state index in [1.54, 1.807) is 18.2 Å². The third-order valence-corrected chi connectivity index (χ3v) is 9.14. The summed E-state index contributed by atoms with van der Waals surface area (Å²) in [7, 11) is 2.06. The highest BCUT2D eigenvalue weighted by Crippen LogP contribution is 2.37. The van der Waals surface area contributed by atoms with Gasteiger partial charge in [-0.25, -0.2) is 0 Å². The van der Waals surface area contributed by atoms with Gasteiger partial charge in [-0.05, 0) is 98.0 Å². The van der Waals surface area contributed by atoms with Crippen molar-refractivity contribution in [2.45, 2.75) is 76.9 Å². The van der Waals surface area contributed by atoms with Crippen LogP contribution in [0.1, 0.15) is 74.2 Å². The smallest absolute Gasteiger partial charge is 0.255 e. The van der Waals surface area contributed by atoms with E-state index in [4.69, 9.17) is 15.2 Å². The molecule has 3 aromatic carbocycles. The standard InChI is InChI=1S/C36H44N4O4/c1-3-4-18-39(2)32-16-10-27(20-31(32)38-35(41)28-11-17-33-34(21-28)44-23-43-33)26-7-5-6-24(19-26)22-40(36(42)25-8-9-25)30-14-12-29(37)13-15-30/h5-7,10-11,16-17,19-21,25,29-30H,3-4,8-9,12-15,18,22-23,37H2,1-2H3,(H,38,41). The number of hydrogen-bond acceptors (Lipinski definition) is 6. The van der Waals surface area contributed by atoms with Crippen molar-refractivity contribution >= 4 is 23.2 Å². The van der Waals surface area contributed by atoms with Gasteiger partial charge in [-0.3, -0.25) is 9.59 Å². The zero-order chi connectivity index (χ0) is 30.6. The molecule has 3 aromatic rings. The van der Waals surface area contributed by atoms with E-state index in [-0.39, 0.29) is 30.7 Å². The van der Waals surface area contributed by atoms with Crippen molar-refractivity contribution in [2.24, 2.45) is 11.7 Å². The molecule has 2 fully saturated rings. The number of amides is 2. The van der Waals surface area contributed by atoms with Gasteiger partial charge in [0.25, 0.3) is 5.91 Å². The fourth-order valence-corrected chi connectivity index (χ4v) is 6.31. The number of nitrogens with one attached hydrogen (secondary N) is 1. The molecule has 1 heterocycles. The molecule has 2 saturated carbocycles.